The molecule has 4 N–H and O–H groups in total. The van der Waals surface area contributed by atoms with Crippen LogP contribution >= 0.6 is 22.6 Å². The Bertz CT molecular complexity index is 935. The molecule has 1 saturated carbocycles. The van der Waals surface area contributed by atoms with Crippen LogP contribution in [-0.2, 0) is 16.2 Å². The van der Waals surface area contributed by atoms with Crippen LogP contribution in [0.1, 0.15) is 44.6 Å². The summed E-state index contributed by atoms with van der Waals surface area (Å²) in [5.41, 5.74) is 1.05. The van der Waals surface area contributed by atoms with Crippen LogP contribution in [0.3, 0.4) is 0 Å². The van der Waals surface area contributed by atoms with E-state index in [9.17, 15) is 19.8 Å². The van der Waals surface area contributed by atoms with Crippen LogP contribution in [0.2, 0.25) is 0 Å². The van der Waals surface area contributed by atoms with Crippen molar-refractivity contribution in [2.45, 2.75) is 63.9 Å². The van der Waals surface area contributed by atoms with Gasteiger partial charge in [0.2, 0.25) is 11.8 Å². The van der Waals surface area contributed by atoms with Gasteiger partial charge in [-0.2, -0.15) is 0 Å². The first-order valence-electron chi connectivity index (χ1n) is 12.0. The van der Waals surface area contributed by atoms with E-state index in [-0.39, 0.29) is 38.0 Å². The quantitative estimate of drug-likeness (QED) is 0.269. The summed E-state index contributed by atoms with van der Waals surface area (Å²) in [6.45, 7) is 2.23. The van der Waals surface area contributed by atoms with Crippen molar-refractivity contribution in [2.24, 2.45) is 5.92 Å². The van der Waals surface area contributed by atoms with Gasteiger partial charge >= 0.3 is 0 Å². The van der Waals surface area contributed by atoms with Crippen molar-refractivity contribution in [3.63, 3.8) is 0 Å². The first-order valence-corrected chi connectivity index (χ1v) is 13.1. The van der Waals surface area contributed by atoms with E-state index in [2.05, 4.69) is 27.9 Å². The number of nitrogens with one attached hydrogen (secondary N) is 1. The molecule has 3 atom stereocenters. The summed E-state index contributed by atoms with van der Waals surface area (Å²) in [7, 11) is 1.49. The fourth-order valence-electron chi connectivity index (χ4n) is 4.25. The minimum Gasteiger partial charge on any atom is -0.493 e. The summed E-state index contributed by atoms with van der Waals surface area (Å²) >= 11 is 2.07. The molecule has 0 aromatic heterocycles. The minimum atomic E-state index is -1.07. The van der Waals surface area contributed by atoms with Gasteiger partial charge in [-0.25, -0.2) is 0 Å². The number of rotatable bonds is 12. The topological polar surface area (TPSA) is 129 Å². The van der Waals surface area contributed by atoms with Gasteiger partial charge in [0.1, 0.15) is 12.2 Å². The third-order valence-corrected chi connectivity index (χ3v) is 7.08. The number of carbonyl (C=O) groups is 2. The maximum absolute atomic E-state index is 13.1. The number of carbonyl (C=O) groups excluding carboxylic acids is 2. The van der Waals surface area contributed by atoms with Gasteiger partial charge < -0.3 is 35.0 Å². The lowest BCUT2D eigenvalue weighted by atomic mass is 9.87. The molecule has 2 aliphatic rings. The zero-order chi connectivity index (χ0) is 25.5. The van der Waals surface area contributed by atoms with Gasteiger partial charge in [-0.05, 0) is 71.5 Å². The molecule has 0 radical (unpaired) electrons. The molecule has 0 bridgehead atoms. The second kappa shape index (κ2) is 12.9. The molecule has 35 heavy (non-hydrogen) atoms. The maximum Gasteiger partial charge on any atom is 0.247 e. The summed E-state index contributed by atoms with van der Waals surface area (Å²) in [6.07, 6.45) is 2.95. The average molecular weight is 602 g/mol. The number of aliphatic hydroxyl groups excluding tert-OH is 3. The zero-order valence-corrected chi connectivity index (χ0v) is 22.4. The SMILES string of the molecule is CCCC(=O)N(CC1CC1)C1CC(C(=O)NCCO)=CC(Oc2c(I)cc(CO)cc2OC)C1O. The van der Waals surface area contributed by atoms with E-state index < -0.39 is 18.2 Å². The minimum absolute atomic E-state index is 0.0429. The van der Waals surface area contributed by atoms with Crippen molar-refractivity contribution in [3.05, 3.63) is 32.9 Å². The number of nitrogens with zero attached hydrogens (tertiary/aromatic N) is 1. The lowest BCUT2D eigenvalue weighted by Gasteiger charge is -2.41. The van der Waals surface area contributed by atoms with Gasteiger partial charge in [0.25, 0.3) is 0 Å². The summed E-state index contributed by atoms with van der Waals surface area (Å²) in [4.78, 5) is 27.6. The Morgan fingerprint density at radius 1 is 1.26 bits per heavy atom. The van der Waals surface area contributed by atoms with E-state index >= 15 is 0 Å². The molecule has 10 heteroatoms. The monoisotopic (exact) mass is 602 g/mol. The van der Waals surface area contributed by atoms with Crippen LogP contribution in [0, 0.1) is 9.49 Å². The lowest BCUT2D eigenvalue weighted by molar-refractivity contribution is -0.139. The number of ether oxygens (including phenoxy) is 2. The van der Waals surface area contributed by atoms with Crippen molar-refractivity contribution in [1.82, 2.24) is 10.2 Å². The number of aliphatic hydroxyl groups is 3. The van der Waals surface area contributed by atoms with Crippen LogP contribution in [0.25, 0.3) is 0 Å². The summed E-state index contributed by atoms with van der Waals surface area (Å²) in [6, 6.07) is 2.79. The third-order valence-electron chi connectivity index (χ3n) is 6.28. The second-order valence-corrected chi connectivity index (χ2v) is 10.2. The van der Waals surface area contributed by atoms with Gasteiger partial charge in [0.15, 0.2) is 11.5 Å². The molecule has 0 aliphatic heterocycles. The molecule has 194 valence electrons. The van der Waals surface area contributed by atoms with Crippen molar-refractivity contribution in [1.29, 1.82) is 0 Å². The molecule has 0 saturated heterocycles. The van der Waals surface area contributed by atoms with Gasteiger partial charge in [-0.1, -0.05) is 6.92 Å². The predicted molar refractivity (Wildman–Crippen MR) is 138 cm³/mol. The Morgan fingerprint density at radius 2 is 2.00 bits per heavy atom. The van der Waals surface area contributed by atoms with Crippen molar-refractivity contribution < 1.29 is 34.4 Å². The van der Waals surface area contributed by atoms with E-state index in [0.29, 0.717) is 51.5 Å². The molecular weight excluding hydrogens is 567 g/mol. The predicted octanol–water partition coefficient (Wildman–Crippen LogP) is 1.75. The molecule has 1 fully saturated rings. The van der Waals surface area contributed by atoms with Gasteiger partial charge in [0.05, 0.1) is 29.9 Å². The number of amides is 2. The largest absolute Gasteiger partial charge is 0.493 e. The first-order chi connectivity index (χ1) is 16.8. The molecule has 2 amide bonds. The van der Waals surface area contributed by atoms with Crippen LogP contribution in [0.5, 0.6) is 11.5 Å². The number of hydrogen-bond donors (Lipinski definition) is 4. The van der Waals surface area contributed by atoms with E-state index in [1.807, 2.05) is 6.92 Å². The molecule has 1 aromatic carbocycles. The number of methoxy groups -OCH3 is 1. The van der Waals surface area contributed by atoms with Crippen molar-refractivity contribution in [3.8, 4) is 11.5 Å². The number of hydrogen-bond acceptors (Lipinski definition) is 7. The Balaban J connectivity index is 1.96. The molecular formula is C25H35IN2O7. The fraction of sp³-hybridized carbons (Fsp3) is 0.600. The first kappa shape index (κ1) is 27.7. The second-order valence-electron chi connectivity index (χ2n) is 9.02. The Hall–Kier alpha value is -1.89. The van der Waals surface area contributed by atoms with Gasteiger partial charge in [-0.3, -0.25) is 9.59 Å². The molecule has 3 rings (SSSR count). The molecule has 9 nitrogen and oxygen atoms in total. The third kappa shape index (κ3) is 7.08. The van der Waals surface area contributed by atoms with Crippen LogP contribution in [-0.4, -0.2) is 77.1 Å². The molecule has 2 aliphatic carbocycles. The Labute approximate surface area is 219 Å². The fourth-order valence-corrected chi connectivity index (χ4v) is 5.05. The highest BCUT2D eigenvalue weighted by Crippen LogP contribution is 2.38. The average Bonchev–Trinajstić information content (AvgIpc) is 3.67. The van der Waals surface area contributed by atoms with E-state index in [1.54, 1.807) is 23.1 Å². The summed E-state index contributed by atoms with van der Waals surface area (Å²) in [5.74, 6) is 0.781. The lowest BCUT2D eigenvalue weighted by Crippen LogP contribution is -2.55. The molecule has 3 unspecified atom stereocenters. The summed E-state index contributed by atoms with van der Waals surface area (Å²) in [5, 5.41) is 32.7. The van der Waals surface area contributed by atoms with Gasteiger partial charge in [0, 0.05) is 31.5 Å². The molecule has 0 heterocycles. The van der Waals surface area contributed by atoms with Crippen LogP contribution in [0.15, 0.2) is 23.8 Å². The standard InChI is InChI=1S/C25H35IN2O7/c1-3-4-22(31)28(13-15-5-6-15)19-11-17(25(33)27-7-8-29)12-20(23(19)32)35-24-18(26)9-16(14-30)10-21(24)34-2/h9-10,12,15,19-20,23,29-30,32H,3-8,11,13-14H2,1-2H3,(H,27,33). The van der Waals surface area contributed by atoms with E-state index in [1.165, 1.54) is 7.11 Å². The van der Waals surface area contributed by atoms with Crippen LogP contribution in [0.4, 0.5) is 0 Å². The van der Waals surface area contributed by atoms with Gasteiger partial charge in [-0.15, -0.1) is 0 Å². The number of benzene rings is 1. The molecule has 1 aromatic rings. The maximum atomic E-state index is 13.1. The smallest absolute Gasteiger partial charge is 0.247 e. The van der Waals surface area contributed by atoms with Crippen molar-refractivity contribution in [2.75, 3.05) is 26.8 Å². The summed E-state index contributed by atoms with van der Waals surface area (Å²) < 4.78 is 12.4. The highest BCUT2D eigenvalue weighted by molar-refractivity contribution is 14.1. The van der Waals surface area contributed by atoms with Crippen molar-refractivity contribution >= 4 is 34.4 Å². The Kier molecular flexibility index (Phi) is 10.2. The van der Waals surface area contributed by atoms with Crippen LogP contribution < -0.4 is 14.8 Å². The Morgan fingerprint density at radius 3 is 2.60 bits per heavy atom. The highest BCUT2D eigenvalue weighted by Gasteiger charge is 2.42. The van der Waals surface area contributed by atoms with E-state index in [4.69, 9.17) is 14.6 Å². The normalized spacial score (nSPS) is 21.8. The number of halogens is 1. The zero-order valence-electron chi connectivity index (χ0n) is 20.2. The highest BCUT2D eigenvalue weighted by atomic mass is 127. The van der Waals surface area contributed by atoms with E-state index in [0.717, 1.165) is 12.8 Å². The molecule has 0 spiro atoms.